The van der Waals surface area contributed by atoms with Crippen LogP contribution >= 0.6 is 0 Å². The summed E-state index contributed by atoms with van der Waals surface area (Å²) in [6, 6.07) is 13.1. The summed E-state index contributed by atoms with van der Waals surface area (Å²) in [5, 5.41) is 10.1. The normalized spacial score (nSPS) is 11.6. The highest BCUT2D eigenvalue weighted by Crippen LogP contribution is 2.21. The van der Waals surface area contributed by atoms with Crippen LogP contribution in [-0.2, 0) is 10.0 Å². The van der Waals surface area contributed by atoms with Crippen molar-refractivity contribution in [2.75, 3.05) is 0 Å². The average Bonchev–Trinajstić information content (AvgIpc) is 2.86. The molecule has 2 aromatic carbocycles. The Morgan fingerprint density at radius 3 is 2.25 bits per heavy atom. The van der Waals surface area contributed by atoms with Gasteiger partial charge in [-0.05, 0) is 49.2 Å². The molecule has 6 nitrogen and oxygen atoms in total. The van der Waals surface area contributed by atoms with E-state index in [1.54, 1.807) is 43.3 Å². The molecule has 0 atom stereocenters. The second kappa shape index (κ2) is 5.68. The van der Waals surface area contributed by atoms with Gasteiger partial charge in [0.25, 0.3) is 10.0 Å². The largest absolute Gasteiger partial charge is 0.493 e. The van der Waals surface area contributed by atoms with Crippen LogP contribution in [0.25, 0.3) is 5.69 Å². The molecule has 1 heterocycles. The van der Waals surface area contributed by atoms with Crippen molar-refractivity contribution in [2.45, 2.75) is 18.7 Å². The van der Waals surface area contributed by atoms with Gasteiger partial charge in [-0.3, -0.25) is 4.57 Å². The van der Waals surface area contributed by atoms with Crippen LogP contribution in [0, 0.1) is 13.8 Å². The van der Waals surface area contributed by atoms with Crippen LogP contribution in [0.1, 0.15) is 11.1 Å². The topological polar surface area (TPSA) is 81.3 Å². The highest BCUT2D eigenvalue weighted by Gasteiger charge is 2.25. The molecule has 1 aromatic heterocycles. The number of benzene rings is 2. The summed E-state index contributed by atoms with van der Waals surface area (Å²) < 4.78 is 27.0. The average molecular weight is 344 g/mol. The summed E-state index contributed by atoms with van der Waals surface area (Å²) in [7, 11) is -4.19. The molecule has 3 aromatic rings. The van der Waals surface area contributed by atoms with E-state index in [9.17, 15) is 18.3 Å². The number of hydrogen-bond donors (Lipinski definition) is 1. The molecular formula is C17H16N2O4S. The molecule has 0 radical (unpaired) electrons. The lowest BCUT2D eigenvalue weighted by Gasteiger charge is -2.08. The molecule has 0 bridgehead atoms. The first-order valence-corrected chi connectivity index (χ1v) is 8.68. The third-order valence-corrected chi connectivity index (χ3v) is 5.56. The lowest BCUT2D eigenvalue weighted by Crippen LogP contribution is -2.28. The molecule has 124 valence electrons. The Morgan fingerprint density at radius 2 is 1.62 bits per heavy atom. The molecule has 0 spiro atoms. The zero-order chi connectivity index (χ0) is 17.5. The molecule has 24 heavy (non-hydrogen) atoms. The van der Waals surface area contributed by atoms with E-state index in [1.165, 1.54) is 12.1 Å². The number of aryl methyl sites for hydroxylation is 2. The van der Waals surface area contributed by atoms with E-state index in [0.29, 0.717) is 9.66 Å². The van der Waals surface area contributed by atoms with Crippen molar-refractivity contribution in [1.82, 2.24) is 8.54 Å². The van der Waals surface area contributed by atoms with Crippen LogP contribution in [-0.4, -0.2) is 22.1 Å². The number of nitrogens with zero attached hydrogens (tertiary/aromatic N) is 2. The molecule has 1 N–H and O–H groups in total. The van der Waals surface area contributed by atoms with Gasteiger partial charge in [0.15, 0.2) is 0 Å². The van der Waals surface area contributed by atoms with Gasteiger partial charge >= 0.3 is 5.69 Å². The Kier molecular flexibility index (Phi) is 3.81. The number of hydrogen-bond acceptors (Lipinski definition) is 4. The maximum absolute atomic E-state index is 12.8. The predicted octanol–water partition coefficient (Wildman–Crippen LogP) is 2.20. The fraction of sp³-hybridized carbons (Fsp3) is 0.118. The van der Waals surface area contributed by atoms with Crippen molar-refractivity contribution in [3.05, 3.63) is 76.3 Å². The van der Waals surface area contributed by atoms with E-state index < -0.39 is 21.6 Å². The maximum atomic E-state index is 12.8. The van der Waals surface area contributed by atoms with Crippen molar-refractivity contribution >= 4 is 10.0 Å². The minimum Gasteiger partial charge on any atom is -0.493 e. The Bertz CT molecular complexity index is 1060. The molecule has 0 aliphatic heterocycles. The molecule has 0 unspecified atom stereocenters. The molecule has 0 aliphatic carbocycles. The summed E-state index contributed by atoms with van der Waals surface area (Å²) in [6.45, 7) is 3.65. The van der Waals surface area contributed by atoms with Crippen LogP contribution in [0.5, 0.6) is 5.88 Å². The number of aromatic nitrogens is 2. The molecule has 0 amide bonds. The minimum atomic E-state index is -4.19. The molecule has 7 heteroatoms. The summed E-state index contributed by atoms with van der Waals surface area (Å²) in [5.74, 6) is -0.637. The van der Waals surface area contributed by atoms with Crippen LogP contribution in [0.15, 0.2) is 64.4 Å². The zero-order valence-electron chi connectivity index (χ0n) is 13.2. The highest BCUT2D eigenvalue weighted by atomic mass is 32.2. The standard InChI is InChI=1S/C17H16N2O4S/c1-12-8-9-15(10-13(12)2)24(22,23)19-16(20)11-18(17(19)21)14-6-4-3-5-7-14/h3-11,20H,1-2H3. The van der Waals surface area contributed by atoms with Crippen molar-refractivity contribution in [3.8, 4) is 11.6 Å². The van der Waals surface area contributed by atoms with Crippen molar-refractivity contribution in [2.24, 2.45) is 0 Å². The Hall–Kier alpha value is -2.80. The Labute approximate surface area is 139 Å². The van der Waals surface area contributed by atoms with Crippen LogP contribution in [0.4, 0.5) is 0 Å². The smallest absolute Gasteiger partial charge is 0.350 e. The lowest BCUT2D eigenvalue weighted by molar-refractivity contribution is 0.443. The fourth-order valence-corrected chi connectivity index (χ4v) is 3.76. The Morgan fingerprint density at radius 1 is 0.958 bits per heavy atom. The first kappa shape index (κ1) is 16.1. The van der Waals surface area contributed by atoms with Gasteiger partial charge in [-0.2, -0.15) is 0 Å². The third kappa shape index (κ3) is 2.52. The lowest BCUT2D eigenvalue weighted by atomic mass is 10.1. The van der Waals surface area contributed by atoms with E-state index >= 15 is 0 Å². The number of aromatic hydroxyl groups is 1. The fourth-order valence-electron chi connectivity index (χ4n) is 2.40. The van der Waals surface area contributed by atoms with E-state index in [2.05, 4.69) is 0 Å². The SMILES string of the molecule is Cc1ccc(S(=O)(=O)n2c(O)cn(-c3ccccc3)c2=O)cc1C. The first-order chi connectivity index (χ1) is 11.3. The van der Waals surface area contributed by atoms with Gasteiger partial charge in [-0.1, -0.05) is 24.3 Å². The van der Waals surface area contributed by atoms with Crippen LogP contribution in [0.3, 0.4) is 0 Å². The van der Waals surface area contributed by atoms with Gasteiger partial charge in [0.05, 0.1) is 16.8 Å². The molecule has 3 rings (SSSR count). The van der Waals surface area contributed by atoms with Crippen LogP contribution < -0.4 is 5.69 Å². The summed E-state index contributed by atoms with van der Waals surface area (Å²) in [4.78, 5) is 12.5. The van der Waals surface area contributed by atoms with Gasteiger partial charge < -0.3 is 5.11 Å². The van der Waals surface area contributed by atoms with Crippen molar-refractivity contribution in [1.29, 1.82) is 0 Å². The number of imidazole rings is 1. The monoisotopic (exact) mass is 344 g/mol. The van der Waals surface area contributed by atoms with Gasteiger partial charge in [0.2, 0.25) is 5.88 Å². The van der Waals surface area contributed by atoms with Gasteiger partial charge in [-0.15, -0.1) is 3.97 Å². The van der Waals surface area contributed by atoms with E-state index in [0.717, 1.165) is 21.9 Å². The second-order valence-corrected chi connectivity index (χ2v) is 7.28. The maximum Gasteiger partial charge on any atom is 0.350 e. The first-order valence-electron chi connectivity index (χ1n) is 7.24. The summed E-state index contributed by atoms with van der Waals surface area (Å²) in [6.07, 6.45) is 1.09. The predicted molar refractivity (Wildman–Crippen MR) is 90.2 cm³/mol. The molecule has 0 aliphatic rings. The summed E-state index contributed by atoms with van der Waals surface area (Å²) >= 11 is 0. The van der Waals surface area contributed by atoms with E-state index in [4.69, 9.17) is 0 Å². The minimum absolute atomic E-state index is 0.0474. The second-order valence-electron chi connectivity index (χ2n) is 5.49. The highest BCUT2D eigenvalue weighted by molar-refractivity contribution is 7.90. The molecule has 0 saturated carbocycles. The molecule has 0 fully saturated rings. The van der Waals surface area contributed by atoms with Gasteiger partial charge in [-0.25, -0.2) is 13.2 Å². The van der Waals surface area contributed by atoms with Crippen molar-refractivity contribution < 1.29 is 13.5 Å². The number of rotatable bonds is 3. The Balaban J connectivity index is 2.21. The zero-order valence-corrected chi connectivity index (χ0v) is 14.0. The summed E-state index contributed by atoms with van der Waals surface area (Å²) in [5.41, 5.74) is 1.34. The van der Waals surface area contributed by atoms with E-state index in [1.807, 2.05) is 6.92 Å². The molecule has 0 saturated heterocycles. The third-order valence-electron chi connectivity index (χ3n) is 3.88. The number of para-hydroxylation sites is 1. The van der Waals surface area contributed by atoms with Crippen LogP contribution in [0.2, 0.25) is 0 Å². The van der Waals surface area contributed by atoms with Crippen molar-refractivity contribution in [3.63, 3.8) is 0 Å². The van der Waals surface area contributed by atoms with Gasteiger partial charge in [0.1, 0.15) is 0 Å². The van der Waals surface area contributed by atoms with E-state index in [-0.39, 0.29) is 4.90 Å². The quantitative estimate of drug-likeness (QED) is 0.790. The molecular weight excluding hydrogens is 328 g/mol. The van der Waals surface area contributed by atoms with Gasteiger partial charge in [0, 0.05) is 0 Å².